The van der Waals surface area contributed by atoms with Gasteiger partial charge < -0.3 is 9.64 Å². The van der Waals surface area contributed by atoms with E-state index in [0.29, 0.717) is 25.2 Å². The van der Waals surface area contributed by atoms with Crippen LogP contribution in [0.5, 0.6) is 0 Å². The highest BCUT2D eigenvalue weighted by atomic mass is 32.3. The SMILES string of the molecule is COC(=O)c1ccc(CN(C(=O)N2CCS(O)(O)CC2)c2cccc(C)c2)cc1. The first-order chi connectivity index (χ1) is 13.8. The van der Waals surface area contributed by atoms with Crippen molar-refractivity contribution in [2.75, 3.05) is 36.6 Å². The summed E-state index contributed by atoms with van der Waals surface area (Å²) < 4.78 is 24.4. The van der Waals surface area contributed by atoms with Crippen molar-refractivity contribution in [3.63, 3.8) is 0 Å². The van der Waals surface area contributed by atoms with Gasteiger partial charge in [-0.3, -0.25) is 14.0 Å². The van der Waals surface area contributed by atoms with Crippen LogP contribution in [-0.2, 0) is 11.3 Å². The first-order valence-corrected chi connectivity index (χ1v) is 11.2. The second kappa shape index (κ2) is 8.86. The minimum atomic E-state index is -2.58. The van der Waals surface area contributed by atoms with Gasteiger partial charge in [0, 0.05) is 18.8 Å². The number of nitrogens with zero attached hydrogens (tertiary/aromatic N) is 2. The smallest absolute Gasteiger partial charge is 0.337 e. The number of ether oxygens (including phenoxy) is 1. The topological polar surface area (TPSA) is 90.3 Å². The summed E-state index contributed by atoms with van der Waals surface area (Å²) in [6, 6.07) is 14.5. The van der Waals surface area contributed by atoms with Crippen LogP contribution in [0, 0.1) is 6.92 Å². The third kappa shape index (κ3) is 5.29. The Kier molecular flexibility index (Phi) is 6.46. The highest BCUT2D eigenvalue weighted by Gasteiger charge is 2.29. The zero-order valence-corrected chi connectivity index (χ0v) is 17.4. The van der Waals surface area contributed by atoms with Crippen molar-refractivity contribution in [2.45, 2.75) is 13.5 Å². The molecule has 0 aromatic heterocycles. The van der Waals surface area contributed by atoms with Crippen molar-refractivity contribution in [3.8, 4) is 0 Å². The number of benzene rings is 2. The molecule has 2 N–H and O–H groups in total. The number of anilines is 1. The lowest BCUT2D eigenvalue weighted by molar-refractivity contribution is 0.0600. The van der Waals surface area contributed by atoms with Gasteiger partial charge in [0.25, 0.3) is 0 Å². The fraction of sp³-hybridized carbons (Fsp3) is 0.333. The van der Waals surface area contributed by atoms with E-state index in [9.17, 15) is 18.7 Å². The molecule has 2 aromatic rings. The average Bonchev–Trinajstić information content (AvgIpc) is 2.71. The maximum Gasteiger partial charge on any atom is 0.337 e. The number of hydrogen-bond donors (Lipinski definition) is 2. The summed E-state index contributed by atoms with van der Waals surface area (Å²) in [5, 5.41) is 0. The Labute approximate surface area is 172 Å². The van der Waals surface area contributed by atoms with Gasteiger partial charge in [0.1, 0.15) is 0 Å². The highest BCUT2D eigenvalue weighted by molar-refractivity contribution is 8.24. The molecule has 0 spiro atoms. The number of urea groups is 1. The molecule has 0 atom stereocenters. The fourth-order valence-electron chi connectivity index (χ4n) is 3.20. The standard InChI is InChI=1S/C21H26N2O5S/c1-16-4-3-5-19(14-16)23(21(25)22-10-12-29(26,27)13-11-22)15-17-6-8-18(9-7-17)20(24)28-2/h3-9,14,26-27H,10-13,15H2,1-2H3. The van der Waals surface area contributed by atoms with Crippen LogP contribution in [0.15, 0.2) is 48.5 Å². The van der Waals surface area contributed by atoms with Crippen LogP contribution in [-0.4, -0.2) is 57.7 Å². The van der Waals surface area contributed by atoms with Crippen LogP contribution in [0.4, 0.5) is 10.5 Å². The van der Waals surface area contributed by atoms with E-state index in [1.54, 1.807) is 34.1 Å². The zero-order chi connectivity index (χ0) is 21.0. The van der Waals surface area contributed by atoms with Crippen LogP contribution in [0.3, 0.4) is 0 Å². The molecule has 0 unspecified atom stereocenters. The minimum absolute atomic E-state index is 0.178. The zero-order valence-electron chi connectivity index (χ0n) is 16.6. The average molecular weight is 419 g/mol. The Morgan fingerprint density at radius 2 is 1.76 bits per heavy atom. The maximum atomic E-state index is 13.3. The second-order valence-electron chi connectivity index (χ2n) is 7.09. The van der Waals surface area contributed by atoms with Crippen molar-refractivity contribution < 1.29 is 23.4 Å². The van der Waals surface area contributed by atoms with Crippen molar-refractivity contribution in [1.82, 2.24) is 4.90 Å². The number of methoxy groups -OCH3 is 1. The largest absolute Gasteiger partial charge is 0.465 e. The Balaban J connectivity index is 1.84. The van der Waals surface area contributed by atoms with E-state index >= 15 is 0 Å². The molecule has 1 fully saturated rings. The minimum Gasteiger partial charge on any atom is -0.465 e. The Hall–Kier alpha value is -2.55. The van der Waals surface area contributed by atoms with E-state index in [0.717, 1.165) is 16.8 Å². The summed E-state index contributed by atoms with van der Waals surface area (Å²) in [5.41, 5.74) is 3.12. The molecule has 2 amide bonds. The third-order valence-electron chi connectivity index (χ3n) is 4.91. The number of amides is 2. The molecule has 2 aromatic carbocycles. The van der Waals surface area contributed by atoms with E-state index in [4.69, 9.17) is 4.74 Å². The molecule has 3 rings (SSSR count). The number of esters is 1. The molecular weight excluding hydrogens is 392 g/mol. The van der Waals surface area contributed by atoms with Crippen molar-refractivity contribution in [3.05, 3.63) is 65.2 Å². The molecule has 0 radical (unpaired) electrons. The van der Waals surface area contributed by atoms with Crippen molar-refractivity contribution in [2.24, 2.45) is 0 Å². The Morgan fingerprint density at radius 3 is 2.34 bits per heavy atom. The van der Waals surface area contributed by atoms with Crippen LogP contribution < -0.4 is 4.90 Å². The number of carbonyl (C=O) groups excluding carboxylic acids is 2. The molecule has 1 aliphatic heterocycles. The molecular formula is C21H26N2O5S. The van der Waals surface area contributed by atoms with Crippen molar-refractivity contribution in [1.29, 1.82) is 0 Å². The lowest BCUT2D eigenvalue weighted by Gasteiger charge is -2.42. The van der Waals surface area contributed by atoms with Gasteiger partial charge in [-0.05, 0) is 42.3 Å². The molecule has 156 valence electrons. The number of carbonyl (C=O) groups is 2. The Morgan fingerprint density at radius 1 is 1.10 bits per heavy atom. The summed E-state index contributed by atoms with van der Waals surface area (Å²) in [5.74, 6) is -0.00176. The lowest BCUT2D eigenvalue weighted by atomic mass is 10.1. The molecule has 0 aliphatic carbocycles. The number of aryl methyl sites for hydroxylation is 1. The van der Waals surface area contributed by atoms with Crippen molar-refractivity contribution >= 4 is 28.3 Å². The van der Waals surface area contributed by atoms with Crippen LogP contribution in [0.2, 0.25) is 0 Å². The second-order valence-corrected chi connectivity index (χ2v) is 9.51. The van der Waals surface area contributed by atoms with Gasteiger partial charge in [-0.15, -0.1) is 0 Å². The maximum absolute atomic E-state index is 13.3. The van der Waals surface area contributed by atoms with Gasteiger partial charge in [-0.25, -0.2) is 9.59 Å². The van der Waals surface area contributed by atoms with Crippen LogP contribution in [0.1, 0.15) is 21.5 Å². The molecule has 1 heterocycles. The summed E-state index contributed by atoms with van der Waals surface area (Å²) in [6.45, 7) is 2.92. The predicted octanol–water partition coefficient (Wildman–Crippen LogP) is 3.97. The monoisotopic (exact) mass is 418 g/mol. The molecule has 7 nitrogen and oxygen atoms in total. The van der Waals surface area contributed by atoms with Gasteiger partial charge in [-0.2, -0.15) is 10.6 Å². The molecule has 0 bridgehead atoms. The summed E-state index contributed by atoms with van der Waals surface area (Å²) in [7, 11) is -1.24. The molecule has 29 heavy (non-hydrogen) atoms. The fourth-order valence-corrected chi connectivity index (χ4v) is 4.43. The highest BCUT2D eigenvalue weighted by Crippen LogP contribution is 2.40. The Bertz CT molecular complexity index is 875. The third-order valence-corrected chi connectivity index (χ3v) is 6.58. The first-order valence-electron chi connectivity index (χ1n) is 9.33. The van der Waals surface area contributed by atoms with E-state index < -0.39 is 16.6 Å². The van der Waals surface area contributed by atoms with Crippen LogP contribution in [0.25, 0.3) is 0 Å². The van der Waals surface area contributed by atoms with Gasteiger partial charge in [-0.1, -0.05) is 24.3 Å². The number of rotatable bonds is 4. The van der Waals surface area contributed by atoms with E-state index in [1.165, 1.54) is 7.11 Å². The van der Waals surface area contributed by atoms with Gasteiger partial charge in [0.2, 0.25) is 0 Å². The normalized spacial score (nSPS) is 16.8. The van der Waals surface area contributed by atoms with Crippen LogP contribution >= 0.6 is 10.6 Å². The first kappa shape index (κ1) is 21.2. The molecule has 1 aliphatic rings. The quantitative estimate of drug-likeness (QED) is 0.733. The predicted molar refractivity (Wildman–Crippen MR) is 115 cm³/mol. The lowest BCUT2D eigenvalue weighted by Crippen LogP contribution is -2.48. The van der Waals surface area contributed by atoms with Gasteiger partial charge in [0.15, 0.2) is 0 Å². The number of hydrogen-bond acceptors (Lipinski definition) is 5. The van der Waals surface area contributed by atoms with E-state index in [1.807, 2.05) is 31.2 Å². The molecule has 0 saturated carbocycles. The van der Waals surface area contributed by atoms with Gasteiger partial charge >= 0.3 is 12.0 Å². The summed E-state index contributed by atoms with van der Waals surface area (Å²) >= 11 is 0. The van der Waals surface area contributed by atoms with Gasteiger partial charge in [0.05, 0.1) is 30.7 Å². The summed E-state index contributed by atoms with van der Waals surface area (Å²) in [4.78, 5) is 28.2. The summed E-state index contributed by atoms with van der Waals surface area (Å²) in [6.07, 6.45) is 0. The van der Waals surface area contributed by atoms with E-state index in [2.05, 4.69) is 0 Å². The molecule has 8 heteroatoms. The molecule has 1 saturated heterocycles. The van der Waals surface area contributed by atoms with E-state index in [-0.39, 0.29) is 17.5 Å².